The number of hydrogen-bond donors (Lipinski definition) is 0. The molecule has 0 heterocycles. The van der Waals surface area contributed by atoms with Crippen molar-refractivity contribution in [2.45, 2.75) is 19.8 Å². The highest BCUT2D eigenvalue weighted by molar-refractivity contribution is 6.00. The maximum Gasteiger partial charge on any atom is 0.158 e. The molecule has 0 aromatic carbocycles. The summed E-state index contributed by atoms with van der Waals surface area (Å²) in [7, 11) is 0. The molecule has 0 aliphatic heterocycles. The molecular weight excluding hydrogens is 280 g/mol. The smallest absolute Gasteiger partial charge is 0.158 e. The van der Waals surface area contributed by atoms with Gasteiger partial charge < -0.3 is 0 Å². The van der Waals surface area contributed by atoms with E-state index in [4.69, 9.17) is 0 Å². The zero-order chi connectivity index (χ0) is 17.3. The van der Waals surface area contributed by atoms with Gasteiger partial charge in [-0.3, -0.25) is 19.2 Å². The Bertz CT molecular complexity index is 513. The van der Waals surface area contributed by atoms with Gasteiger partial charge >= 0.3 is 0 Å². The Balaban J connectivity index is 5.43. The molecule has 0 N–H and O–H groups in total. The van der Waals surface area contributed by atoms with E-state index in [-0.39, 0.29) is 36.0 Å². The Hall–Kier alpha value is -2.36. The minimum Gasteiger partial charge on any atom is -0.295 e. The second kappa shape index (κ2) is 9.55. The van der Waals surface area contributed by atoms with E-state index in [1.54, 1.807) is 6.92 Å². The molecule has 4 heteroatoms. The van der Waals surface area contributed by atoms with Crippen molar-refractivity contribution in [1.29, 1.82) is 0 Å². The third-order valence-electron chi connectivity index (χ3n) is 3.64. The van der Waals surface area contributed by atoms with E-state index in [1.807, 2.05) is 0 Å². The van der Waals surface area contributed by atoms with Crippen LogP contribution in [0, 0.1) is 17.8 Å². The van der Waals surface area contributed by atoms with Crippen LogP contribution in [-0.4, -0.2) is 23.1 Å². The van der Waals surface area contributed by atoms with Crippen molar-refractivity contribution in [3.8, 4) is 0 Å². The molecule has 0 aromatic rings. The molecule has 3 atom stereocenters. The van der Waals surface area contributed by atoms with Crippen molar-refractivity contribution < 1.29 is 19.2 Å². The molecule has 0 amide bonds. The molecule has 0 saturated heterocycles. The van der Waals surface area contributed by atoms with E-state index < -0.39 is 17.8 Å². The molecule has 0 aliphatic rings. The second-order valence-electron chi connectivity index (χ2n) is 5.02. The highest BCUT2D eigenvalue weighted by Crippen LogP contribution is 2.26. The predicted octanol–water partition coefficient (Wildman–Crippen LogP) is 2.66. The molecule has 0 fully saturated rings. The van der Waals surface area contributed by atoms with Crippen molar-refractivity contribution in [2.75, 3.05) is 0 Å². The number of hydrogen-bond acceptors (Lipinski definition) is 4. The second-order valence-corrected chi connectivity index (χ2v) is 5.02. The Kier molecular flexibility index (Phi) is 8.53. The summed E-state index contributed by atoms with van der Waals surface area (Å²) in [5.74, 6) is -3.34. The Labute approximate surface area is 131 Å². The van der Waals surface area contributed by atoms with Gasteiger partial charge in [-0.1, -0.05) is 33.2 Å². The molecule has 0 aromatic heterocycles. The van der Waals surface area contributed by atoms with Crippen LogP contribution in [-0.2, 0) is 19.2 Å². The summed E-state index contributed by atoms with van der Waals surface area (Å²) >= 11 is 0. The molecule has 0 rings (SSSR count). The van der Waals surface area contributed by atoms with Crippen LogP contribution < -0.4 is 0 Å². The van der Waals surface area contributed by atoms with Gasteiger partial charge in [-0.25, -0.2) is 0 Å². The third-order valence-corrected chi connectivity index (χ3v) is 3.64. The zero-order valence-electron chi connectivity index (χ0n) is 12.9. The standard InChI is InChI=1S/C18H22O4/c1-6-14(19)10-13(17(21)8-3)11-15(18(22)9-4)12(5)16(20)7-2/h6-9,12-13,15H,1-4,10-11H2,5H3. The van der Waals surface area contributed by atoms with E-state index in [2.05, 4.69) is 26.3 Å². The Morgan fingerprint density at radius 3 is 1.73 bits per heavy atom. The summed E-state index contributed by atoms with van der Waals surface area (Å²) in [6.45, 7) is 15.2. The maximum absolute atomic E-state index is 12.0. The summed E-state index contributed by atoms with van der Waals surface area (Å²) in [5.41, 5.74) is 0. The van der Waals surface area contributed by atoms with Gasteiger partial charge in [0, 0.05) is 24.2 Å². The summed E-state index contributed by atoms with van der Waals surface area (Å²) in [5, 5.41) is 0. The van der Waals surface area contributed by atoms with Crippen LogP contribution >= 0.6 is 0 Å². The number of ketones is 4. The Morgan fingerprint density at radius 1 is 0.818 bits per heavy atom. The van der Waals surface area contributed by atoms with Crippen LogP contribution in [0.15, 0.2) is 50.6 Å². The fourth-order valence-corrected chi connectivity index (χ4v) is 2.20. The first-order chi connectivity index (χ1) is 10.3. The Morgan fingerprint density at radius 2 is 1.32 bits per heavy atom. The average molecular weight is 302 g/mol. The van der Waals surface area contributed by atoms with Gasteiger partial charge in [0.2, 0.25) is 0 Å². The molecule has 0 radical (unpaired) electrons. The van der Waals surface area contributed by atoms with Gasteiger partial charge in [-0.15, -0.1) is 0 Å². The molecule has 3 unspecified atom stereocenters. The molecular formula is C18H22O4. The number of rotatable bonds is 12. The van der Waals surface area contributed by atoms with Crippen molar-refractivity contribution >= 4 is 23.1 Å². The predicted molar refractivity (Wildman–Crippen MR) is 86.2 cm³/mol. The zero-order valence-corrected chi connectivity index (χ0v) is 12.9. The first-order valence-corrected chi connectivity index (χ1v) is 6.96. The lowest BCUT2D eigenvalue weighted by Gasteiger charge is -2.23. The first-order valence-electron chi connectivity index (χ1n) is 6.96. The van der Waals surface area contributed by atoms with Crippen LogP contribution in [0.4, 0.5) is 0 Å². The topological polar surface area (TPSA) is 68.3 Å². The summed E-state index contributed by atoms with van der Waals surface area (Å²) < 4.78 is 0. The van der Waals surface area contributed by atoms with Gasteiger partial charge in [0.1, 0.15) is 0 Å². The molecule has 4 nitrogen and oxygen atoms in total. The van der Waals surface area contributed by atoms with E-state index in [0.717, 1.165) is 24.3 Å². The van der Waals surface area contributed by atoms with Gasteiger partial charge in [0.25, 0.3) is 0 Å². The average Bonchev–Trinajstić information content (AvgIpc) is 2.55. The largest absolute Gasteiger partial charge is 0.295 e. The van der Waals surface area contributed by atoms with Crippen molar-refractivity contribution in [2.24, 2.45) is 17.8 Å². The maximum atomic E-state index is 12.0. The summed E-state index contributed by atoms with van der Waals surface area (Å²) in [4.78, 5) is 47.3. The van der Waals surface area contributed by atoms with Crippen molar-refractivity contribution in [3.05, 3.63) is 50.6 Å². The molecule has 0 aliphatic carbocycles. The lowest BCUT2D eigenvalue weighted by molar-refractivity contribution is -0.129. The van der Waals surface area contributed by atoms with Crippen molar-refractivity contribution in [3.63, 3.8) is 0 Å². The van der Waals surface area contributed by atoms with Crippen LogP contribution in [0.5, 0.6) is 0 Å². The fraction of sp³-hybridized carbons (Fsp3) is 0.333. The lowest BCUT2D eigenvalue weighted by atomic mass is 9.77. The van der Waals surface area contributed by atoms with Gasteiger partial charge in [-0.05, 0) is 30.7 Å². The molecule has 0 saturated carbocycles. The van der Waals surface area contributed by atoms with E-state index in [1.165, 1.54) is 0 Å². The van der Waals surface area contributed by atoms with Crippen LogP contribution in [0.2, 0.25) is 0 Å². The minimum atomic E-state index is -0.727. The number of carbonyl (C=O) groups is 4. The SMILES string of the molecule is C=CC(=O)CC(CC(C(=O)C=C)C(C)C(=O)C=C)C(=O)C=C. The van der Waals surface area contributed by atoms with Gasteiger partial charge in [-0.2, -0.15) is 0 Å². The normalized spacial score (nSPS) is 14.0. The highest BCUT2D eigenvalue weighted by Gasteiger charge is 2.32. The third kappa shape index (κ3) is 5.56. The molecule has 0 spiro atoms. The van der Waals surface area contributed by atoms with Gasteiger partial charge in [0.05, 0.1) is 0 Å². The van der Waals surface area contributed by atoms with Gasteiger partial charge in [0.15, 0.2) is 23.1 Å². The first kappa shape index (κ1) is 19.6. The van der Waals surface area contributed by atoms with E-state index >= 15 is 0 Å². The fourth-order valence-electron chi connectivity index (χ4n) is 2.20. The monoisotopic (exact) mass is 302 g/mol. The summed E-state index contributed by atoms with van der Waals surface area (Å²) in [6.07, 6.45) is 4.54. The van der Waals surface area contributed by atoms with Crippen LogP contribution in [0.25, 0.3) is 0 Å². The molecule has 118 valence electrons. The summed E-state index contributed by atoms with van der Waals surface area (Å²) in [6, 6.07) is 0. The highest BCUT2D eigenvalue weighted by atomic mass is 16.1. The van der Waals surface area contributed by atoms with E-state index in [0.29, 0.717) is 0 Å². The molecule has 22 heavy (non-hydrogen) atoms. The van der Waals surface area contributed by atoms with Crippen LogP contribution in [0.1, 0.15) is 19.8 Å². The van der Waals surface area contributed by atoms with E-state index in [9.17, 15) is 19.2 Å². The minimum absolute atomic E-state index is 0.0652. The quantitative estimate of drug-likeness (QED) is 0.520. The number of carbonyl (C=O) groups excluding carboxylic acids is 4. The molecule has 0 bridgehead atoms. The lowest BCUT2D eigenvalue weighted by Crippen LogP contribution is -2.30. The van der Waals surface area contributed by atoms with Crippen LogP contribution in [0.3, 0.4) is 0 Å². The van der Waals surface area contributed by atoms with Crippen molar-refractivity contribution in [1.82, 2.24) is 0 Å². The number of allylic oxidation sites excluding steroid dienone is 4.